The number of fused-ring (bicyclic) bond motifs is 2. The van der Waals surface area contributed by atoms with E-state index >= 15 is 0 Å². The van der Waals surface area contributed by atoms with Crippen molar-refractivity contribution in [3.05, 3.63) is 167 Å². The molecule has 0 amide bonds. The molecule has 1 aliphatic heterocycles. The highest BCUT2D eigenvalue weighted by molar-refractivity contribution is 7.89. The first-order valence-electron chi connectivity index (χ1n) is 18.5. The van der Waals surface area contributed by atoms with Crippen LogP contribution in [0.5, 0.6) is 0 Å². The summed E-state index contributed by atoms with van der Waals surface area (Å²) in [6.07, 6.45) is 2.88. The third-order valence-corrected chi connectivity index (χ3v) is 13.2. The van der Waals surface area contributed by atoms with Gasteiger partial charge in [0, 0.05) is 13.1 Å². The van der Waals surface area contributed by atoms with Crippen LogP contribution in [0.3, 0.4) is 0 Å². The lowest BCUT2D eigenvalue weighted by Gasteiger charge is -2.28. The predicted octanol–water partition coefficient (Wildman–Crippen LogP) is 8.72. The van der Waals surface area contributed by atoms with E-state index in [1.165, 1.54) is 0 Å². The summed E-state index contributed by atoms with van der Waals surface area (Å²) >= 11 is 0. The van der Waals surface area contributed by atoms with E-state index in [9.17, 15) is 16.8 Å². The second-order valence-corrected chi connectivity index (χ2v) is 17.6. The maximum atomic E-state index is 14.3. The second kappa shape index (κ2) is 15.1. The van der Waals surface area contributed by atoms with E-state index in [0.717, 1.165) is 51.9 Å². The molecule has 2 N–H and O–H groups in total. The Kier molecular flexibility index (Phi) is 10.0. The topological polar surface area (TPSA) is 122 Å². The maximum Gasteiger partial charge on any atom is 0.241 e. The smallest absolute Gasteiger partial charge is 0.241 e. The van der Waals surface area contributed by atoms with Crippen LogP contribution in [0, 0.1) is 13.8 Å². The molecular weight excluding hydrogens is 729 g/mol. The van der Waals surface area contributed by atoms with Gasteiger partial charge in [0.2, 0.25) is 31.8 Å². The Morgan fingerprint density at radius 3 is 1.55 bits per heavy atom. The number of benzene rings is 6. The van der Waals surface area contributed by atoms with Crippen LogP contribution < -0.4 is 14.3 Å². The van der Waals surface area contributed by atoms with Crippen LogP contribution in [0.15, 0.2) is 148 Å². The molecule has 1 aliphatic rings. The molecule has 0 aliphatic carbocycles. The molecule has 280 valence electrons. The molecule has 11 heteroatoms. The van der Waals surface area contributed by atoms with Crippen LogP contribution in [0.4, 0.5) is 5.88 Å². The number of nitrogens with zero attached hydrogens (tertiary/aromatic N) is 2. The Bertz CT molecular complexity index is 2700. The standard InChI is InChI=1S/C44H42N4O5S2/c1-30-20-24-34(25-21-30)54(49,50)46-40(38-18-10-14-32-12-4-6-16-36(32)38)42-44(48-28-8-3-9-29-48)53-43(45-42)41(39-19-11-15-33-13-5-7-17-37(33)39)47-55(51,52)35-26-22-31(2)23-27-35/h4-7,10-27,40-41,46-47H,3,8-9,28-29H2,1-2H3. The Labute approximate surface area is 322 Å². The lowest BCUT2D eigenvalue weighted by Crippen LogP contribution is -2.34. The third kappa shape index (κ3) is 7.53. The van der Waals surface area contributed by atoms with Crippen molar-refractivity contribution in [1.29, 1.82) is 0 Å². The monoisotopic (exact) mass is 770 g/mol. The first-order chi connectivity index (χ1) is 26.6. The molecule has 2 unspecified atom stereocenters. The van der Waals surface area contributed by atoms with E-state index in [-0.39, 0.29) is 15.7 Å². The van der Waals surface area contributed by atoms with Crippen LogP contribution in [0.2, 0.25) is 0 Å². The van der Waals surface area contributed by atoms with Gasteiger partial charge in [0.1, 0.15) is 11.7 Å². The number of hydrogen-bond donors (Lipinski definition) is 2. The summed E-state index contributed by atoms with van der Waals surface area (Å²) in [5.41, 5.74) is 3.55. The van der Waals surface area contributed by atoms with Gasteiger partial charge in [-0.3, -0.25) is 0 Å². The van der Waals surface area contributed by atoms with Crippen molar-refractivity contribution in [3.8, 4) is 0 Å². The number of hydrogen-bond acceptors (Lipinski definition) is 7. The van der Waals surface area contributed by atoms with E-state index in [4.69, 9.17) is 9.40 Å². The largest absolute Gasteiger partial charge is 0.423 e. The van der Waals surface area contributed by atoms with Gasteiger partial charge < -0.3 is 9.32 Å². The molecule has 2 heterocycles. The fourth-order valence-corrected chi connectivity index (χ4v) is 9.72. The second-order valence-electron chi connectivity index (χ2n) is 14.2. The molecular formula is C44H42N4O5S2. The molecule has 55 heavy (non-hydrogen) atoms. The van der Waals surface area contributed by atoms with Gasteiger partial charge in [0.05, 0.1) is 15.8 Å². The molecule has 9 nitrogen and oxygen atoms in total. The Morgan fingerprint density at radius 2 is 1.02 bits per heavy atom. The molecule has 2 atom stereocenters. The van der Waals surface area contributed by atoms with Crippen molar-refractivity contribution in [3.63, 3.8) is 0 Å². The Morgan fingerprint density at radius 1 is 0.564 bits per heavy atom. The summed E-state index contributed by atoms with van der Waals surface area (Å²) in [5.74, 6) is 0.501. The molecule has 1 fully saturated rings. The van der Waals surface area contributed by atoms with Crippen molar-refractivity contribution in [2.75, 3.05) is 18.0 Å². The summed E-state index contributed by atoms with van der Waals surface area (Å²) < 4.78 is 69.9. The summed E-state index contributed by atoms with van der Waals surface area (Å²) in [5, 5.41) is 3.53. The number of aromatic nitrogens is 1. The van der Waals surface area contributed by atoms with Gasteiger partial charge in [-0.25, -0.2) is 21.8 Å². The quantitative estimate of drug-likeness (QED) is 0.135. The highest BCUT2D eigenvalue weighted by Crippen LogP contribution is 2.40. The van der Waals surface area contributed by atoms with Gasteiger partial charge in [-0.15, -0.1) is 0 Å². The van der Waals surface area contributed by atoms with Crippen LogP contribution in [-0.4, -0.2) is 34.9 Å². The molecule has 0 radical (unpaired) electrons. The fourth-order valence-electron chi connectivity index (χ4n) is 7.37. The molecule has 8 rings (SSSR count). The summed E-state index contributed by atoms with van der Waals surface area (Å²) in [4.78, 5) is 7.49. The van der Waals surface area contributed by atoms with Gasteiger partial charge in [-0.05, 0) is 90.0 Å². The number of piperidine rings is 1. The van der Waals surface area contributed by atoms with Gasteiger partial charge in [0.15, 0.2) is 0 Å². The molecule has 1 saturated heterocycles. The first kappa shape index (κ1) is 36.6. The van der Waals surface area contributed by atoms with Gasteiger partial charge >= 0.3 is 0 Å². The van der Waals surface area contributed by atoms with E-state index in [1.807, 2.05) is 98.8 Å². The molecule has 7 aromatic rings. The number of sulfonamides is 2. The van der Waals surface area contributed by atoms with Crippen LogP contribution in [-0.2, 0) is 20.0 Å². The first-order valence-corrected chi connectivity index (χ1v) is 21.4. The number of nitrogens with one attached hydrogen (secondary N) is 2. The minimum atomic E-state index is -4.11. The lowest BCUT2D eigenvalue weighted by molar-refractivity contribution is 0.439. The van der Waals surface area contributed by atoms with E-state index in [1.54, 1.807) is 48.5 Å². The van der Waals surface area contributed by atoms with Crippen molar-refractivity contribution in [2.24, 2.45) is 0 Å². The van der Waals surface area contributed by atoms with Crippen LogP contribution >= 0.6 is 0 Å². The molecule has 0 saturated carbocycles. The van der Waals surface area contributed by atoms with Crippen molar-refractivity contribution in [1.82, 2.24) is 14.4 Å². The fraction of sp³-hybridized carbons (Fsp3) is 0.205. The number of aryl methyl sites for hydroxylation is 2. The zero-order valence-corrected chi connectivity index (χ0v) is 32.3. The van der Waals surface area contributed by atoms with Crippen molar-refractivity contribution in [2.45, 2.75) is 55.0 Å². The minimum Gasteiger partial charge on any atom is -0.423 e. The maximum absolute atomic E-state index is 14.3. The minimum absolute atomic E-state index is 0.0994. The van der Waals surface area contributed by atoms with E-state index in [2.05, 4.69) is 14.3 Å². The van der Waals surface area contributed by atoms with Gasteiger partial charge in [0.25, 0.3) is 0 Å². The zero-order valence-electron chi connectivity index (χ0n) is 30.6. The van der Waals surface area contributed by atoms with Gasteiger partial charge in [-0.2, -0.15) is 9.44 Å². The summed E-state index contributed by atoms with van der Waals surface area (Å²) in [6.45, 7) is 5.15. The SMILES string of the molecule is Cc1ccc(S(=O)(=O)NC(c2nc(C(NS(=O)(=O)c3ccc(C)cc3)c3cccc4ccccc34)c(N3CCCCC3)o2)c2cccc3ccccc23)cc1. The van der Waals surface area contributed by atoms with Crippen LogP contribution in [0.1, 0.15) is 65.2 Å². The highest BCUT2D eigenvalue weighted by Gasteiger charge is 2.36. The number of anilines is 1. The summed E-state index contributed by atoms with van der Waals surface area (Å²) in [6, 6.07) is 38.4. The predicted molar refractivity (Wildman–Crippen MR) is 217 cm³/mol. The third-order valence-electron chi connectivity index (χ3n) is 10.3. The Hall–Kier alpha value is -5.33. The zero-order chi connectivity index (χ0) is 38.2. The highest BCUT2D eigenvalue weighted by atomic mass is 32.2. The average molecular weight is 771 g/mol. The Balaban J connectivity index is 1.36. The average Bonchev–Trinajstić information content (AvgIpc) is 3.65. The van der Waals surface area contributed by atoms with Crippen molar-refractivity contribution < 1.29 is 21.3 Å². The van der Waals surface area contributed by atoms with Gasteiger partial charge in [-0.1, -0.05) is 120 Å². The van der Waals surface area contributed by atoms with Crippen LogP contribution in [0.25, 0.3) is 21.5 Å². The number of rotatable bonds is 11. The lowest BCUT2D eigenvalue weighted by atomic mass is 9.97. The molecule has 0 spiro atoms. The van der Waals surface area contributed by atoms with Crippen molar-refractivity contribution >= 4 is 47.5 Å². The van der Waals surface area contributed by atoms with E-state index in [0.29, 0.717) is 35.8 Å². The van der Waals surface area contributed by atoms with E-state index < -0.39 is 32.1 Å². The normalized spacial score (nSPS) is 15.0. The number of oxazole rings is 1. The molecule has 0 bridgehead atoms. The summed E-state index contributed by atoms with van der Waals surface area (Å²) in [7, 11) is -8.23. The molecule has 6 aromatic carbocycles. The molecule has 1 aromatic heterocycles.